The summed E-state index contributed by atoms with van der Waals surface area (Å²) in [6, 6.07) is 3.06. The molecule has 5 heteroatoms. The van der Waals surface area contributed by atoms with E-state index < -0.39 is 6.10 Å². The zero-order valence-electron chi connectivity index (χ0n) is 9.40. The first-order valence-corrected chi connectivity index (χ1v) is 6.15. The molecule has 2 atom stereocenters. The van der Waals surface area contributed by atoms with Crippen molar-refractivity contribution < 1.29 is 9.90 Å². The second kappa shape index (κ2) is 5.47. The molecule has 0 spiro atoms. The second-order valence-electron chi connectivity index (χ2n) is 4.30. The van der Waals surface area contributed by atoms with Crippen molar-refractivity contribution in [1.29, 1.82) is 0 Å². The first-order valence-electron chi connectivity index (χ1n) is 5.77. The van der Waals surface area contributed by atoms with Gasteiger partial charge in [0.1, 0.15) is 5.15 Å². The number of nitrogens with one attached hydrogen (secondary N) is 1. The van der Waals surface area contributed by atoms with Gasteiger partial charge in [-0.3, -0.25) is 4.79 Å². The molecule has 17 heavy (non-hydrogen) atoms. The Morgan fingerprint density at radius 3 is 2.82 bits per heavy atom. The van der Waals surface area contributed by atoms with Gasteiger partial charge >= 0.3 is 0 Å². The summed E-state index contributed by atoms with van der Waals surface area (Å²) in [6.07, 6.45) is 4.65. The van der Waals surface area contributed by atoms with E-state index in [0.717, 1.165) is 25.7 Å². The molecule has 0 saturated heterocycles. The molecule has 2 N–H and O–H groups in total. The summed E-state index contributed by atoms with van der Waals surface area (Å²) in [5, 5.41) is 13.0. The number of hydrogen-bond donors (Lipinski definition) is 2. The van der Waals surface area contributed by atoms with Gasteiger partial charge in [-0.15, -0.1) is 0 Å². The van der Waals surface area contributed by atoms with E-state index in [1.807, 2.05) is 0 Å². The number of aliphatic hydroxyl groups is 1. The van der Waals surface area contributed by atoms with Crippen LogP contribution in [0.5, 0.6) is 0 Å². The summed E-state index contributed by atoms with van der Waals surface area (Å²) < 4.78 is 0. The van der Waals surface area contributed by atoms with E-state index in [4.69, 9.17) is 11.6 Å². The molecule has 1 aromatic heterocycles. The Balaban J connectivity index is 1.98. The van der Waals surface area contributed by atoms with Crippen LogP contribution in [0.15, 0.2) is 18.3 Å². The van der Waals surface area contributed by atoms with Crippen molar-refractivity contribution in [3.8, 4) is 0 Å². The number of halogens is 1. The van der Waals surface area contributed by atoms with E-state index in [9.17, 15) is 9.90 Å². The summed E-state index contributed by atoms with van der Waals surface area (Å²) in [7, 11) is 0. The van der Waals surface area contributed by atoms with Gasteiger partial charge in [-0.1, -0.05) is 24.4 Å². The van der Waals surface area contributed by atoms with Crippen LogP contribution >= 0.6 is 11.6 Å². The van der Waals surface area contributed by atoms with Crippen LogP contribution in [0.1, 0.15) is 36.0 Å². The van der Waals surface area contributed by atoms with E-state index in [2.05, 4.69) is 10.3 Å². The van der Waals surface area contributed by atoms with Crippen LogP contribution < -0.4 is 5.32 Å². The van der Waals surface area contributed by atoms with Crippen molar-refractivity contribution in [2.24, 2.45) is 0 Å². The molecule has 0 radical (unpaired) electrons. The van der Waals surface area contributed by atoms with Crippen LogP contribution in [0.2, 0.25) is 5.15 Å². The molecule has 0 aromatic carbocycles. The molecule has 0 aliphatic heterocycles. The minimum absolute atomic E-state index is 0.146. The van der Waals surface area contributed by atoms with Crippen LogP contribution in [0, 0.1) is 0 Å². The molecule has 0 unspecified atom stereocenters. The fourth-order valence-electron chi connectivity index (χ4n) is 2.04. The average molecular weight is 255 g/mol. The first-order chi connectivity index (χ1) is 8.16. The summed E-state index contributed by atoms with van der Waals surface area (Å²) >= 11 is 5.65. The third kappa shape index (κ3) is 3.17. The molecule has 1 aromatic rings. The number of rotatable bonds is 2. The van der Waals surface area contributed by atoms with Crippen molar-refractivity contribution in [2.75, 3.05) is 0 Å². The number of aliphatic hydroxyl groups excluding tert-OH is 1. The molecule has 4 nitrogen and oxygen atoms in total. The SMILES string of the molecule is O=C(N[C@@H]1CCCC[C@H]1O)c1ccc(Cl)nc1. The Labute approximate surface area is 105 Å². The fourth-order valence-corrected chi connectivity index (χ4v) is 2.15. The maximum atomic E-state index is 11.9. The molecule has 1 heterocycles. The van der Waals surface area contributed by atoms with Gasteiger partial charge in [0, 0.05) is 6.20 Å². The zero-order valence-corrected chi connectivity index (χ0v) is 10.2. The van der Waals surface area contributed by atoms with E-state index >= 15 is 0 Å². The molecule has 1 amide bonds. The largest absolute Gasteiger partial charge is 0.391 e. The highest BCUT2D eigenvalue weighted by atomic mass is 35.5. The van der Waals surface area contributed by atoms with Crippen LogP contribution in [-0.2, 0) is 0 Å². The number of nitrogens with zero attached hydrogens (tertiary/aromatic N) is 1. The van der Waals surface area contributed by atoms with Crippen molar-refractivity contribution in [3.05, 3.63) is 29.0 Å². The van der Waals surface area contributed by atoms with Crippen molar-refractivity contribution >= 4 is 17.5 Å². The summed E-state index contributed by atoms with van der Waals surface area (Å²) in [4.78, 5) is 15.7. The van der Waals surface area contributed by atoms with Crippen LogP contribution in [0.25, 0.3) is 0 Å². The predicted molar refractivity (Wildman–Crippen MR) is 65.0 cm³/mol. The number of aromatic nitrogens is 1. The molecule has 92 valence electrons. The minimum atomic E-state index is -0.437. The van der Waals surface area contributed by atoms with E-state index in [-0.39, 0.29) is 11.9 Å². The van der Waals surface area contributed by atoms with Gasteiger partial charge in [0.05, 0.1) is 17.7 Å². The highest BCUT2D eigenvalue weighted by molar-refractivity contribution is 6.29. The normalized spacial score (nSPS) is 24.4. The second-order valence-corrected chi connectivity index (χ2v) is 4.69. The Hall–Kier alpha value is -1.13. The molecule has 1 fully saturated rings. The zero-order chi connectivity index (χ0) is 12.3. The Morgan fingerprint density at radius 2 is 2.18 bits per heavy atom. The van der Waals surface area contributed by atoms with Crippen molar-refractivity contribution in [3.63, 3.8) is 0 Å². The topological polar surface area (TPSA) is 62.2 Å². The summed E-state index contributed by atoms with van der Waals surface area (Å²) in [5.74, 6) is -0.208. The lowest BCUT2D eigenvalue weighted by Crippen LogP contribution is -2.45. The number of amides is 1. The van der Waals surface area contributed by atoms with Gasteiger partial charge in [-0.05, 0) is 25.0 Å². The quantitative estimate of drug-likeness (QED) is 0.791. The third-order valence-electron chi connectivity index (χ3n) is 3.04. The van der Waals surface area contributed by atoms with Gasteiger partial charge in [-0.2, -0.15) is 0 Å². The van der Waals surface area contributed by atoms with Crippen molar-refractivity contribution in [2.45, 2.75) is 37.8 Å². The Kier molecular flexibility index (Phi) is 3.97. The predicted octanol–water partition coefficient (Wildman–Crippen LogP) is 1.77. The lowest BCUT2D eigenvalue weighted by atomic mass is 9.92. The third-order valence-corrected chi connectivity index (χ3v) is 3.26. The molecular weight excluding hydrogens is 240 g/mol. The first kappa shape index (κ1) is 12.3. The molecular formula is C12H15ClN2O2. The highest BCUT2D eigenvalue weighted by Crippen LogP contribution is 2.18. The molecule has 1 aliphatic carbocycles. The van der Waals surface area contributed by atoms with Gasteiger partial charge in [0.2, 0.25) is 0 Å². The lowest BCUT2D eigenvalue weighted by Gasteiger charge is -2.28. The van der Waals surface area contributed by atoms with Crippen LogP contribution in [0.3, 0.4) is 0 Å². The standard InChI is InChI=1S/C12H15ClN2O2/c13-11-6-5-8(7-14-11)12(17)15-9-3-1-2-4-10(9)16/h5-7,9-10,16H,1-4H2,(H,15,17)/t9-,10-/m1/s1. The van der Waals surface area contributed by atoms with Gasteiger partial charge in [-0.25, -0.2) is 4.98 Å². The maximum absolute atomic E-state index is 11.9. The van der Waals surface area contributed by atoms with E-state index in [1.54, 1.807) is 12.1 Å². The Bertz CT molecular complexity index is 394. The fraction of sp³-hybridized carbons (Fsp3) is 0.500. The van der Waals surface area contributed by atoms with E-state index in [0.29, 0.717) is 10.7 Å². The number of carbonyl (C=O) groups excluding carboxylic acids is 1. The van der Waals surface area contributed by atoms with Crippen LogP contribution in [-0.4, -0.2) is 28.1 Å². The number of hydrogen-bond acceptors (Lipinski definition) is 3. The van der Waals surface area contributed by atoms with Gasteiger partial charge in [0.25, 0.3) is 5.91 Å². The van der Waals surface area contributed by atoms with Crippen molar-refractivity contribution in [1.82, 2.24) is 10.3 Å². The molecule has 1 aliphatic rings. The smallest absolute Gasteiger partial charge is 0.253 e. The Morgan fingerprint density at radius 1 is 1.41 bits per heavy atom. The van der Waals surface area contributed by atoms with Gasteiger partial charge in [0.15, 0.2) is 0 Å². The molecule has 1 saturated carbocycles. The monoisotopic (exact) mass is 254 g/mol. The number of pyridine rings is 1. The summed E-state index contributed by atoms with van der Waals surface area (Å²) in [6.45, 7) is 0. The van der Waals surface area contributed by atoms with E-state index in [1.165, 1.54) is 6.20 Å². The minimum Gasteiger partial charge on any atom is -0.391 e. The van der Waals surface area contributed by atoms with Crippen LogP contribution in [0.4, 0.5) is 0 Å². The number of carbonyl (C=O) groups is 1. The molecule has 0 bridgehead atoms. The average Bonchev–Trinajstić information content (AvgIpc) is 2.33. The highest BCUT2D eigenvalue weighted by Gasteiger charge is 2.24. The molecule has 2 rings (SSSR count). The maximum Gasteiger partial charge on any atom is 0.253 e. The van der Waals surface area contributed by atoms with Gasteiger partial charge < -0.3 is 10.4 Å². The lowest BCUT2D eigenvalue weighted by molar-refractivity contribution is 0.0717. The summed E-state index contributed by atoms with van der Waals surface area (Å²) in [5.41, 5.74) is 0.465.